The molecule has 2 aliphatic rings. The van der Waals surface area contributed by atoms with Gasteiger partial charge in [-0.3, -0.25) is 9.69 Å². The summed E-state index contributed by atoms with van der Waals surface area (Å²) in [6, 6.07) is 0.237. The fraction of sp³-hybridized carbons (Fsp3) is 0.812. The Kier molecular flexibility index (Phi) is 6.05. The maximum Gasteiger partial charge on any atom is 0.234 e. The molecule has 1 aliphatic heterocycles. The number of hydrogen-bond acceptors (Lipinski definition) is 3. The Balaban J connectivity index is 1.60. The minimum absolute atomic E-state index is 0.159. The van der Waals surface area contributed by atoms with Gasteiger partial charge >= 0.3 is 0 Å². The molecule has 2 atom stereocenters. The predicted molar refractivity (Wildman–Crippen MR) is 82.4 cm³/mol. The van der Waals surface area contributed by atoms with Gasteiger partial charge in [0, 0.05) is 19.1 Å². The Bertz CT molecular complexity index is 352. The minimum atomic E-state index is 0.159. The van der Waals surface area contributed by atoms with Crippen LogP contribution in [0.2, 0.25) is 0 Å². The molecule has 4 nitrogen and oxygen atoms in total. The van der Waals surface area contributed by atoms with Crippen LogP contribution in [0.15, 0.2) is 11.6 Å². The van der Waals surface area contributed by atoms with Crippen LogP contribution < -0.4 is 11.1 Å². The zero-order chi connectivity index (χ0) is 14.4. The number of likely N-dealkylation sites (tertiary alicyclic amines) is 1. The van der Waals surface area contributed by atoms with Crippen LogP contribution in [-0.4, -0.2) is 43.0 Å². The molecular formula is C16H29N3O. The third-order valence-corrected chi connectivity index (χ3v) is 4.57. The summed E-state index contributed by atoms with van der Waals surface area (Å²) < 4.78 is 0. The molecule has 1 amide bonds. The van der Waals surface area contributed by atoms with Gasteiger partial charge < -0.3 is 11.1 Å². The highest BCUT2D eigenvalue weighted by Gasteiger charge is 2.26. The second kappa shape index (κ2) is 7.79. The number of rotatable bonds is 6. The number of amides is 1. The second-order valence-electron chi connectivity index (χ2n) is 6.35. The molecule has 2 rings (SSSR count). The smallest absolute Gasteiger partial charge is 0.234 e. The van der Waals surface area contributed by atoms with Crippen LogP contribution in [0.25, 0.3) is 0 Å². The Morgan fingerprint density at radius 3 is 3.05 bits per heavy atom. The molecule has 0 bridgehead atoms. The van der Waals surface area contributed by atoms with E-state index in [0.717, 1.165) is 32.5 Å². The molecular weight excluding hydrogens is 250 g/mol. The summed E-state index contributed by atoms with van der Waals surface area (Å²) in [6.45, 7) is 5.35. The first-order valence-electron chi connectivity index (χ1n) is 8.07. The molecule has 2 unspecified atom stereocenters. The van der Waals surface area contributed by atoms with Gasteiger partial charge in [0.25, 0.3) is 0 Å². The van der Waals surface area contributed by atoms with E-state index in [4.69, 9.17) is 5.73 Å². The lowest BCUT2D eigenvalue weighted by atomic mass is 9.97. The van der Waals surface area contributed by atoms with Crippen molar-refractivity contribution in [1.29, 1.82) is 0 Å². The van der Waals surface area contributed by atoms with Gasteiger partial charge in [-0.2, -0.15) is 0 Å². The lowest BCUT2D eigenvalue weighted by Crippen LogP contribution is -2.37. The summed E-state index contributed by atoms with van der Waals surface area (Å²) in [5.74, 6) is 0.710. The van der Waals surface area contributed by atoms with Crippen LogP contribution in [0.5, 0.6) is 0 Å². The van der Waals surface area contributed by atoms with Crippen molar-refractivity contribution in [1.82, 2.24) is 10.2 Å². The van der Waals surface area contributed by atoms with Crippen molar-refractivity contribution < 1.29 is 4.79 Å². The SMILES string of the molecule is CC(N)C1CCN(CC(=O)NCCC2=CCCCC2)C1. The maximum atomic E-state index is 11.9. The number of carbonyl (C=O) groups is 1. The number of carbonyl (C=O) groups excluding carboxylic acids is 1. The number of allylic oxidation sites excluding steroid dienone is 1. The van der Waals surface area contributed by atoms with E-state index < -0.39 is 0 Å². The second-order valence-corrected chi connectivity index (χ2v) is 6.35. The first kappa shape index (κ1) is 15.5. The van der Waals surface area contributed by atoms with Crippen molar-refractivity contribution in [2.45, 2.75) is 51.5 Å². The van der Waals surface area contributed by atoms with Crippen molar-refractivity contribution in [3.8, 4) is 0 Å². The van der Waals surface area contributed by atoms with E-state index in [0.29, 0.717) is 12.5 Å². The van der Waals surface area contributed by atoms with E-state index in [2.05, 4.69) is 23.2 Å². The summed E-state index contributed by atoms with van der Waals surface area (Å²) in [5.41, 5.74) is 7.44. The van der Waals surface area contributed by atoms with E-state index in [1.165, 1.54) is 31.3 Å². The Morgan fingerprint density at radius 2 is 2.40 bits per heavy atom. The number of nitrogens with one attached hydrogen (secondary N) is 1. The van der Waals surface area contributed by atoms with E-state index in [1.807, 2.05) is 0 Å². The van der Waals surface area contributed by atoms with Crippen molar-refractivity contribution in [2.75, 3.05) is 26.2 Å². The van der Waals surface area contributed by atoms with Crippen LogP contribution in [0, 0.1) is 5.92 Å². The van der Waals surface area contributed by atoms with Crippen LogP contribution in [0.4, 0.5) is 0 Å². The van der Waals surface area contributed by atoms with Gasteiger partial charge in [-0.05, 0) is 57.9 Å². The average molecular weight is 279 g/mol. The van der Waals surface area contributed by atoms with Crippen molar-refractivity contribution in [2.24, 2.45) is 11.7 Å². The van der Waals surface area contributed by atoms with E-state index >= 15 is 0 Å². The summed E-state index contributed by atoms with van der Waals surface area (Å²) in [4.78, 5) is 14.1. The third kappa shape index (κ3) is 4.91. The van der Waals surface area contributed by atoms with E-state index in [1.54, 1.807) is 0 Å². The highest BCUT2D eigenvalue weighted by atomic mass is 16.2. The summed E-state index contributed by atoms with van der Waals surface area (Å²) in [7, 11) is 0. The standard InChI is InChI=1S/C16H29N3O/c1-13(17)15-8-10-19(11-15)12-16(20)18-9-7-14-5-3-2-4-6-14/h5,13,15H,2-4,6-12,17H2,1H3,(H,18,20). The Morgan fingerprint density at radius 1 is 1.55 bits per heavy atom. The normalized spacial score (nSPS) is 25.3. The largest absolute Gasteiger partial charge is 0.355 e. The molecule has 20 heavy (non-hydrogen) atoms. The fourth-order valence-corrected chi connectivity index (χ4v) is 3.19. The number of nitrogens with zero attached hydrogens (tertiary/aromatic N) is 1. The zero-order valence-corrected chi connectivity index (χ0v) is 12.7. The summed E-state index contributed by atoms with van der Waals surface area (Å²) >= 11 is 0. The molecule has 0 spiro atoms. The molecule has 114 valence electrons. The van der Waals surface area contributed by atoms with Crippen LogP contribution in [-0.2, 0) is 4.79 Å². The van der Waals surface area contributed by atoms with Gasteiger partial charge in [0.1, 0.15) is 0 Å². The Hall–Kier alpha value is -0.870. The van der Waals surface area contributed by atoms with Crippen LogP contribution in [0.1, 0.15) is 45.4 Å². The quantitative estimate of drug-likeness (QED) is 0.727. The lowest BCUT2D eigenvalue weighted by molar-refractivity contribution is -0.122. The highest BCUT2D eigenvalue weighted by molar-refractivity contribution is 5.78. The molecule has 0 radical (unpaired) electrons. The number of nitrogens with two attached hydrogens (primary N) is 1. The molecule has 3 N–H and O–H groups in total. The minimum Gasteiger partial charge on any atom is -0.355 e. The monoisotopic (exact) mass is 279 g/mol. The molecule has 1 saturated heterocycles. The first-order chi connectivity index (χ1) is 9.65. The molecule has 0 saturated carbocycles. The third-order valence-electron chi connectivity index (χ3n) is 4.57. The Labute approximate surface area is 122 Å². The van der Waals surface area contributed by atoms with Gasteiger partial charge in [-0.1, -0.05) is 11.6 Å². The average Bonchev–Trinajstić information content (AvgIpc) is 2.88. The highest BCUT2D eigenvalue weighted by Crippen LogP contribution is 2.19. The van der Waals surface area contributed by atoms with E-state index in [-0.39, 0.29) is 11.9 Å². The van der Waals surface area contributed by atoms with Gasteiger partial charge in [-0.15, -0.1) is 0 Å². The van der Waals surface area contributed by atoms with Gasteiger partial charge in [0.05, 0.1) is 6.54 Å². The molecule has 1 fully saturated rings. The fourth-order valence-electron chi connectivity index (χ4n) is 3.19. The van der Waals surface area contributed by atoms with Crippen molar-refractivity contribution in [3.05, 3.63) is 11.6 Å². The van der Waals surface area contributed by atoms with Gasteiger partial charge in [-0.25, -0.2) is 0 Å². The van der Waals surface area contributed by atoms with Crippen LogP contribution in [0.3, 0.4) is 0 Å². The topological polar surface area (TPSA) is 58.4 Å². The van der Waals surface area contributed by atoms with Gasteiger partial charge in [0.15, 0.2) is 0 Å². The summed E-state index contributed by atoms with van der Waals surface area (Å²) in [5, 5.41) is 3.05. The molecule has 1 heterocycles. The first-order valence-corrected chi connectivity index (χ1v) is 8.07. The summed E-state index contributed by atoms with van der Waals surface area (Å²) in [6.07, 6.45) is 9.57. The lowest BCUT2D eigenvalue weighted by Gasteiger charge is -2.18. The molecule has 0 aromatic rings. The molecule has 1 aliphatic carbocycles. The van der Waals surface area contributed by atoms with E-state index in [9.17, 15) is 4.79 Å². The predicted octanol–water partition coefficient (Wildman–Crippen LogP) is 1.66. The van der Waals surface area contributed by atoms with Crippen LogP contribution >= 0.6 is 0 Å². The van der Waals surface area contributed by atoms with Gasteiger partial charge in [0.2, 0.25) is 5.91 Å². The number of hydrogen-bond donors (Lipinski definition) is 2. The molecule has 4 heteroatoms. The van der Waals surface area contributed by atoms with Crippen molar-refractivity contribution in [3.63, 3.8) is 0 Å². The molecule has 0 aromatic heterocycles. The van der Waals surface area contributed by atoms with Crippen molar-refractivity contribution >= 4 is 5.91 Å². The molecule has 0 aromatic carbocycles. The zero-order valence-electron chi connectivity index (χ0n) is 12.7. The maximum absolute atomic E-state index is 11.9.